The van der Waals surface area contributed by atoms with Crippen LogP contribution >= 0.6 is 11.3 Å². The van der Waals surface area contributed by atoms with E-state index in [1.165, 1.54) is 15.1 Å². The Balaban J connectivity index is 1.45. The summed E-state index contributed by atoms with van der Waals surface area (Å²) in [6, 6.07) is 1.66. The van der Waals surface area contributed by atoms with Crippen molar-refractivity contribution in [1.29, 1.82) is 0 Å². The Kier molecular flexibility index (Phi) is 4.36. The molecule has 0 radical (unpaired) electrons. The molecule has 8 heteroatoms. The Labute approximate surface area is 155 Å². The van der Waals surface area contributed by atoms with Crippen molar-refractivity contribution < 1.29 is 0 Å². The lowest BCUT2D eigenvalue weighted by molar-refractivity contribution is 0.621. The molecule has 4 rings (SSSR count). The number of nitrogens with zero attached hydrogens (tertiary/aromatic N) is 5. The molecule has 1 fully saturated rings. The molecule has 4 heterocycles. The summed E-state index contributed by atoms with van der Waals surface area (Å²) in [4.78, 5) is 25.2. The average molecular weight is 370 g/mol. The van der Waals surface area contributed by atoms with Crippen molar-refractivity contribution in [3.63, 3.8) is 0 Å². The highest BCUT2D eigenvalue weighted by atomic mass is 32.1. The smallest absolute Gasteiger partial charge is 0.268 e. The van der Waals surface area contributed by atoms with Gasteiger partial charge in [0.2, 0.25) is 0 Å². The molecule has 1 saturated heterocycles. The maximum Gasteiger partial charge on any atom is 0.268 e. The Hall–Kier alpha value is -2.48. The molecular weight excluding hydrogens is 348 g/mol. The largest absolute Gasteiger partial charge is 0.370 e. The van der Waals surface area contributed by atoms with Gasteiger partial charge in [-0.25, -0.2) is 14.6 Å². The third-order valence-electron chi connectivity index (χ3n) is 5.13. The third-order valence-corrected chi connectivity index (χ3v) is 6.24. The number of rotatable bonds is 4. The molecule has 0 saturated carbocycles. The van der Waals surface area contributed by atoms with Crippen LogP contribution in [-0.2, 0) is 7.05 Å². The van der Waals surface area contributed by atoms with Crippen LogP contribution in [0.25, 0.3) is 10.2 Å². The van der Waals surface area contributed by atoms with E-state index in [1.54, 1.807) is 37.0 Å². The summed E-state index contributed by atoms with van der Waals surface area (Å²) in [5.74, 6) is 1.43. The van der Waals surface area contributed by atoms with E-state index in [0.717, 1.165) is 47.8 Å². The molecule has 26 heavy (non-hydrogen) atoms. The number of fused-ring (bicyclic) bond motifs is 1. The van der Waals surface area contributed by atoms with Gasteiger partial charge in [0.15, 0.2) is 0 Å². The van der Waals surface area contributed by atoms with Gasteiger partial charge in [0.25, 0.3) is 5.56 Å². The average Bonchev–Trinajstić information content (AvgIpc) is 3.21. The van der Waals surface area contributed by atoms with E-state index in [1.807, 2.05) is 0 Å². The monoisotopic (exact) mass is 370 g/mol. The quantitative estimate of drug-likeness (QED) is 0.760. The molecule has 1 aliphatic rings. The molecule has 0 aliphatic carbocycles. The molecule has 0 aromatic carbocycles. The molecule has 0 spiro atoms. The molecule has 1 unspecified atom stereocenters. The van der Waals surface area contributed by atoms with Crippen molar-refractivity contribution in [2.45, 2.75) is 20.3 Å². The summed E-state index contributed by atoms with van der Waals surface area (Å²) in [5.41, 5.74) is 2.09. The van der Waals surface area contributed by atoms with Gasteiger partial charge in [-0.3, -0.25) is 4.79 Å². The van der Waals surface area contributed by atoms with Crippen LogP contribution in [0, 0.1) is 19.8 Å². The first-order chi connectivity index (χ1) is 12.5. The molecule has 7 nitrogen and oxygen atoms in total. The first-order valence-corrected chi connectivity index (χ1v) is 9.57. The van der Waals surface area contributed by atoms with Crippen LogP contribution in [0.15, 0.2) is 23.4 Å². The Morgan fingerprint density at radius 1 is 1.35 bits per heavy atom. The highest BCUT2D eigenvalue weighted by molar-refractivity contribution is 7.18. The summed E-state index contributed by atoms with van der Waals surface area (Å²) in [7, 11) is 1.67. The molecule has 0 bridgehead atoms. The van der Waals surface area contributed by atoms with E-state index >= 15 is 0 Å². The van der Waals surface area contributed by atoms with Gasteiger partial charge in [-0.1, -0.05) is 0 Å². The second kappa shape index (κ2) is 6.68. The van der Waals surface area contributed by atoms with Gasteiger partial charge in [-0.2, -0.15) is 5.10 Å². The Morgan fingerprint density at radius 2 is 2.19 bits per heavy atom. The zero-order valence-electron chi connectivity index (χ0n) is 15.2. The van der Waals surface area contributed by atoms with Crippen LogP contribution in [0.1, 0.15) is 16.9 Å². The maximum atomic E-state index is 11.8. The fraction of sp³-hybridized carbons (Fsp3) is 0.444. The van der Waals surface area contributed by atoms with Crippen LogP contribution < -0.4 is 15.8 Å². The summed E-state index contributed by atoms with van der Waals surface area (Å²) >= 11 is 1.71. The van der Waals surface area contributed by atoms with Gasteiger partial charge in [0.1, 0.15) is 17.0 Å². The molecule has 3 aromatic heterocycles. The van der Waals surface area contributed by atoms with Crippen molar-refractivity contribution in [3.8, 4) is 0 Å². The Bertz CT molecular complexity index is 1010. The minimum atomic E-state index is -0.0734. The second-order valence-corrected chi connectivity index (χ2v) is 8.05. The van der Waals surface area contributed by atoms with Gasteiger partial charge in [-0.05, 0) is 31.7 Å². The zero-order valence-corrected chi connectivity index (χ0v) is 16.0. The predicted molar refractivity (Wildman–Crippen MR) is 105 cm³/mol. The van der Waals surface area contributed by atoms with E-state index in [0.29, 0.717) is 5.92 Å². The molecular formula is C18H22N6OS. The standard InChI is InChI=1S/C18H22N6OS/c1-11-12(2)26-18-16(11)17(20-10-21-18)19-7-13-4-5-24(9-13)14-6-15(25)23(3)22-8-14/h6,8,10,13H,4-5,7,9H2,1-3H3,(H,19,20,21). The lowest BCUT2D eigenvalue weighted by Crippen LogP contribution is -2.26. The molecule has 3 aromatic rings. The fourth-order valence-electron chi connectivity index (χ4n) is 3.42. The lowest BCUT2D eigenvalue weighted by atomic mass is 10.1. The number of anilines is 2. The van der Waals surface area contributed by atoms with Crippen molar-refractivity contribution in [2.75, 3.05) is 29.9 Å². The third kappa shape index (κ3) is 3.05. The van der Waals surface area contributed by atoms with Gasteiger partial charge in [-0.15, -0.1) is 11.3 Å². The van der Waals surface area contributed by atoms with E-state index in [-0.39, 0.29) is 5.56 Å². The minimum absolute atomic E-state index is 0.0734. The first-order valence-electron chi connectivity index (χ1n) is 8.76. The number of hydrogen-bond acceptors (Lipinski definition) is 7. The van der Waals surface area contributed by atoms with Gasteiger partial charge in [0.05, 0.1) is 17.3 Å². The molecule has 1 atom stereocenters. The summed E-state index contributed by atoms with van der Waals surface area (Å²) < 4.78 is 1.35. The summed E-state index contributed by atoms with van der Waals surface area (Å²) in [6.45, 7) is 6.96. The van der Waals surface area contributed by atoms with Crippen molar-refractivity contribution >= 4 is 33.1 Å². The predicted octanol–water partition coefficient (Wildman–Crippen LogP) is 2.34. The normalized spacial score (nSPS) is 17.2. The van der Waals surface area contributed by atoms with Crippen molar-refractivity contribution in [2.24, 2.45) is 13.0 Å². The minimum Gasteiger partial charge on any atom is -0.370 e. The number of aromatic nitrogens is 4. The highest BCUT2D eigenvalue weighted by Crippen LogP contribution is 2.32. The van der Waals surface area contributed by atoms with Crippen LogP contribution in [0.3, 0.4) is 0 Å². The molecule has 0 amide bonds. The van der Waals surface area contributed by atoms with Crippen LogP contribution in [0.5, 0.6) is 0 Å². The second-order valence-electron chi connectivity index (χ2n) is 6.84. The van der Waals surface area contributed by atoms with Gasteiger partial charge >= 0.3 is 0 Å². The van der Waals surface area contributed by atoms with Crippen molar-refractivity contribution in [3.05, 3.63) is 39.4 Å². The van der Waals surface area contributed by atoms with E-state index in [2.05, 4.69) is 39.1 Å². The molecule has 1 aliphatic heterocycles. The zero-order chi connectivity index (χ0) is 18.3. The number of aryl methyl sites for hydroxylation is 3. The summed E-state index contributed by atoms with van der Waals surface area (Å²) in [6.07, 6.45) is 4.48. The van der Waals surface area contributed by atoms with Crippen LogP contribution in [0.2, 0.25) is 0 Å². The van der Waals surface area contributed by atoms with E-state index < -0.39 is 0 Å². The fourth-order valence-corrected chi connectivity index (χ4v) is 4.42. The summed E-state index contributed by atoms with van der Waals surface area (Å²) in [5, 5.41) is 8.78. The van der Waals surface area contributed by atoms with Gasteiger partial charge < -0.3 is 10.2 Å². The SMILES string of the molecule is Cc1sc2ncnc(NCC3CCN(c4cnn(C)c(=O)c4)C3)c2c1C. The molecule has 136 valence electrons. The highest BCUT2D eigenvalue weighted by Gasteiger charge is 2.24. The van der Waals surface area contributed by atoms with Crippen LogP contribution in [-0.4, -0.2) is 39.4 Å². The number of nitrogens with one attached hydrogen (secondary N) is 1. The number of hydrogen-bond donors (Lipinski definition) is 1. The van der Waals surface area contributed by atoms with E-state index in [4.69, 9.17) is 0 Å². The Morgan fingerprint density at radius 3 is 3.00 bits per heavy atom. The van der Waals surface area contributed by atoms with Crippen molar-refractivity contribution in [1.82, 2.24) is 19.7 Å². The van der Waals surface area contributed by atoms with Gasteiger partial charge in [0, 0.05) is 37.6 Å². The first kappa shape index (κ1) is 17.0. The van der Waals surface area contributed by atoms with Crippen LogP contribution in [0.4, 0.5) is 11.5 Å². The number of thiophene rings is 1. The van der Waals surface area contributed by atoms with E-state index in [9.17, 15) is 4.79 Å². The molecule has 1 N–H and O–H groups in total. The topological polar surface area (TPSA) is 75.9 Å². The lowest BCUT2D eigenvalue weighted by Gasteiger charge is -2.18. The maximum absolute atomic E-state index is 11.8.